The molecule has 5 rings (SSSR count). The topological polar surface area (TPSA) is 76.7 Å². The van der Waals surface area contributed by atoms with Crippen LogP contribution < -0.4 is 10.2 Å². The van der Waals surface area contributed by atoms with Gasteiger partial charge in [0.25, 0.3) is 0 Å². The zero-order chi connectivity index (χ0) is 23.5. The van der Waals surface area contributed by atoms with E-state index in [1.165, 1.54) is 0 Å². The third-order valence-corrected chi connectivity index (χ3v) is 5.59. The first-order valence-corrected chi connectivity index (χ1v) is 10.8. The summed E-state index contributed by atoms with van der Waals surface area (Å²) in [5.41, 5.74) is 3.25. The van der Waals surface area contributed by atoms with E-state index in [2.05, 4.69) is 0 Å². The van der Waals surface area contributed by atoms with Crippen LogP contribution in [0.3, 0.4) is 0 Å². The van der Waals surface area contributed by atoms with E-state index in [1.807, 2.05) is 72.8 Å². The van der Waals surface area contributed by atoms with Crippen LogP contribution in [0.1, 0.15) is 16.1 Å². The van der Waals surface area contributed by atoms with E-state index in [4.69, 9.17) is 9.15 Å². The standard InChI is InChI=1S/C29H20O5/c30-27-24-16-15-23(33-18-19-7-3-1-4-8-19)17-25(24)34-28(29(31)32)26(27)22-13-11-21(12-14-22)20-9-5-2-6-10-20/h1-17H,18H2,(H,31,32). The van der Waals surface area contributed by atoms with Gasteiger partial charge in [-0.15, -0.1) is 0 Å². The Morgan fingerprint density at radius 2 is 1.38 bits per heavy atom. The van der Waals surface area contributed by atoms with Gasteiger partial charge < -0.3 is 14.3 Å². The first-order chi connectivity index (χ1) is 16.6. The van der Waals surface area contributed by atoms with Crippen LogP contribution in [0, 0.1) is 0 Å². The zero-order valence-corrected chi connectivity index (χ0v) is 18.1. The Balaban J connectivity index is 1.53. The van der Waals surface area contributed by atoms with E-state index in [1.54, 1.807) is 30.3 Å². The third kappa shape index (κ3) is 4.19. The van der Waals surface area contributed by atoms with Gasteiger partial charge in [-0.2, -0.15) is 0 Å². The number of carboxylic acid groups (broad SMARTS) is 1. The molecule has 34 heavy (non-hydrogen) atoms. The number of carbonyl (C=O) groups is 1. The molecule has 1 heterocycles. The maximum Gasteiger partial charge on any atom is 0.372 e. The summed E-state index contributed by atoms with van der Waals surface area (Å²) in [5.74, 6) is -1.22. The average molecular weight is 448 g/mol. The van der Waals surface area contributed by atoms with Crippen molar-refractivity contribution in [1.82, 2.24) is 0 Å². The Bertz CT molecular complexity index is 1520. The van der Waals surface area contributed by atoms with Crippen molar-refractivity contribution in [3.63, 3.8) is 0 Å². The lowest BCUT2D eigenvalue weighted by molar-refractivity contribution is 0.0664. The molecule has 0 radical (unpaired) electrons. The highest BCUT2D eigenvalue weighted by Gasteiger charge is 2.22. The lowest BCUT2D eigenvalue weighted by Gasteiger charge is -2.10. The van der Waals surface area contributed by atoms with E-state index in [-0.39, 0.29) is 11.1 Å². The molecule has 0 bridgehead atoms. The minimum absolute atomic E-state index is 0.0255. The van der Waals surface area contributed by atoms with Crippen LogP contribution in [-0.2, 0) is 6.61 Å². The maximum absolute atomic E-state index is 13.3. The first-order valence-electron chi connectivity index (χ1n) is 10.8. The number of hydrogen-bond acceptors (Lipinski definition) is 4. The van der Waals surface area contributed by atoms with Crippen LogP contribution in [0.15, 0.2) is 112 Å². The summed E-state index contributed by atoms with van der Waals surface area (Å²) in [4.78, 5) is 25.3. The number of carboxylic acids is 1. The van der Waals surface area contributed by atoms with Crippen molar-refractivity contribution in [1.29, 1.82) is 0 Å². The fourth-order valence-electron chi connectivity index (χ4n) is 3.88. The van der Waals surface area contributed by atoms with E-state index >= 15 is 0 Å². The molecular formula is C29H20O5. The molecule has 0 spiro atoms. The monoisotopic (exact) mass is 448 g/mol. The molecule has 0 amide bonds. The third-order valence-electron chi connectivity index (χ3n) is 5.59. The summed E-state index contributed by atoms with van der Waals surface area (Å²) in [6, 6.07) is 31.5. The van der Waals surface area contributed by atoms with Crippen LogP contribution in [-0.4, -0.2) is 11.1 Å². The molecule has 0 aliphatic carbocycles. The zero-order valence-electron chi connectivity index (χ0n) is 18.1. The quantitative estimate of drug-likeness (QED) is 0.325. The Morgan fingerprint density at radius 1 is 0.765 bits per heavy atom. The molecule has 4 aromatic carbocycles. The second kappa shape index (κ2) is 9.08. The number of hydrogen-bond donors (Lipinski definition) is 1. The summed E-state index contributed by atoms with van der Waals surface area (Å²) in [6.07, 6.45) is 0. The van der Waals surface area contributed by atoms with Gasteiger partial charge in [0.05, 0.1) is 10.9 Å². The van der Waals surface area contributed by atoms with Crippen molar-refractivity contribution in [2.45, 2.75) is 6.61 Å². The largest absolute Gasteiger partial charge is 0.489 e. The number of benzene rings is 4. The summed E-state index contributed by atoms with van der Waals surface area (Å²) in [5, 5.41) is 10.1. The molecule has 5 aromatic rings. The van der Waals surface area contributed by atoms with E-state index in [0.29, 0.717) is 23.3 Å². The van der Waals surface area contributed by atoms with E-state index in [0.717, 1.165) is 16.7 Å². The van der Waals surface area contributed by atoms with Crippen molar-refractivity contribution in [2.24, 2.45) is 0 Å². The van der Waals surface area contributed by atoms with Gasteiger partial charge in [0.1, 0.15) is 17.9 Å². The molecule has 1 N–H and O–H groups in total. The molecule has 0 aliphatic heterocycles. The van der Waals surface area contributed by atoms with Crippen molar-refractivity contribution in [2.75, 3.05) is 0 Å². The van der Waals surface area contributed by atoms with Crippen molar-refractivity contribution in [3.8, 4) is 28.0 Å². The molecule has 0 unspecified atom stereocenters. The average Bonchev–Trinajstić information content (AvgIpc) is 2.88. The molecule has 5 nitrogen and oxygen atoms in total. The van der Waals surface area contributed by atoms with E-state index < -0.39 is 17.2 Å². The maximum atomic E-state index is 13.3. The smallest absolute Gasteiger partial charge is 0.372 e. The van der Waals surface area contributed by atoms with Gasteiger partial charge in [-0.3, -0.25) is 4.79 Å². The van der Waals surface area contributed by atoms with Gasteiger partial charge >= 0.3 is 5.97 Å². The summed E-state index contributed by atoms with van der Waals surface area (Å²) in [6.45, 7) is 0.341. The highest BCUT2D eigenvalue weighted by Crippen LogP contribution is 2.29. The Kier molecular flexibility index (Phi) is 5.67. The Morgan fingerprint density at radius 3 is 2.06 bits per heavy atom. The van der Waals surface area contributed by atoms with Gasteiger partial charge in [-0.1, -0.05) is 84.9 Å². The van der Waals surface area contributed by atoms with Gasteiger partial charge in [0, 0.05) is 6.07 Å². The molecule has 166 valence electrons. The number of rotatable bonds is 6. The Hall–Kier alpha value is -4.64. The number of fused-ring (bicyclic) bond motifs is 1. The molecule has 5 heteroatoms. The van der Waals surface area contributed by atoms with Crippen LogP contribution in [0.2, 0.25) is 0 Å². The molecule has 0 aliphatic rings. The summed E-state index contributed by atoms with van der Waals surface area (Å²) >= 11 is 0. The second-order valence-corrected chi connectivity index (χ2v) is 7.82. The lowest BCUT2D eigenvalue weighted by atomic mass is 9.98. The highest BCUT2D eigenvalue weighted by molar-refractivity contribution is 5.97. The normalized spacial score (nSPS) is 10.8. The van der Waals surface area contributed by atoms with Crippen molar-refractivity contribution >= 4 is 16.9 Å². The summed E-state index contributed by atoms with van der Waals surface area (Å²) < 4.78 is 11.5. The van der Waals surface area contributed by atoms with Gasteiger partial charge in [-0.25, -0.2) is 4.79 Å². The lowest BCUT2D eigenvalue weighted by Crippen LogP contribution is -2.12. The molecule has 0 atom stereocenters. The minimum atomic E-state index is -1.31. The minimum Gasteiger partial charge on any atom is -0.489 e. The van der Waals surface area contributed by atoms with Crippen molar-refractivity contribution < 1.29 is 19.1 Å². The molecule has 0 saturated carbocycles. The van der Waals surface area contributed by atoms with Crippen LogP contribution in [0.5, 0.6) is 5.75 Å². The van der Waals surface area contributed by atoms with Crippen LogP contribution >= 0.6 is 0 Å². The predicted octanol–water partition coefficient (Wildman–Crippen LogP) is 6.40. The SMILES string of the molecule is O=C(O)c1oc2cc(OCc3ccccc3)ccc2c(=O)c1-c1ccc(-c2ccccc2)cc1. The van der Waals surface area contributed by atoms with Gasteiger partial charge in [-0.05, 0) is 34.4 Å². The van der Waals surface area contributed by atoms with Crippen LogP contribution in [0.25, 0.3) is 33.2 Å². The predicted molar refractivity (Wildman–Crippen MR) is 131 cm³/mol. The van der Waals surface area contributed by atoms with Gasteiger partial charge in [0.15, 0.2) is 0 Å². The fourth-order valence-corrected chi connectivity index (χ4v) is 3.88. The second-order valence-electron chi connectivity index (χ2n) is 7.82. The first kappa shape index (κ1) is 21.2. The number of aromatic carboxylic acids is 1. The number of ether oxygens (including phenoxy) is 1. The molecular weight excluding hydrogens is 428 g/mol. The summed E-state index contributed by atoms with van der Waals surface area (Å²) in [7, 11) is 0. The molecule has 0 saturated heterocycles. The van der Waals surface area contributed by atoms with Crippen molar-refractivity contribution in [3.05, 3.63) is 125 Å². The van der Waals surface area contributed by atoms with Gasteiger partial charge in [0.2, 0.25) is 11.2 Å². The van der Waals surface area contributed by atoms with Crippen LogP contribution in [0.4, 0.5) is 0 Å². The molecule has 1 aromatic heterocycles. The fraction of sp³-hybridized carbons (Fsp3) is 0.0345. The molecule has 0 fully saturated rings. The van der Waals surface area contributed by atoms with E-state index in [9.17, 15) is 14.7 Å². The Labute approximate surface area is 195 Å². The highest BCUT2D eigenvalue weighted by atomic mass is 16.5.